The molecule has 0 amide bonds. The predicted molar refractivity (Wildman–Crippen MR) is 93.2 cm³/mol. The van der Waals surface area contributed by atoms with Gasteiger partial charge in [0.2, 0.25) is 0 Å². The maximum absolute atomic E-state index is 5.53. The van der Waals surface area contributed by atoms with Crippen LogP contribution in [-0.4, -0.2) is 57.0 Å². The number of quaternary nitrogens is 1. The Hall–Kier alpha value is -1.53. The van der Waals surface area contributed by atoms with Gasteiger partial charge in [-0.3, -0.25) is 0 Å². The van der Waals surface area contributed by atoms with E-state index < -0.39 is 0 Å². The standard InChI is InChI=1S/C16H25N3O2S/c1-4-7-18-8-10-19(11-9-18)16(22)17-13-5-6-14(20-2)15(12-13)21-3/h5-6,12H,4,7-11H2,1-3H3,(H,17,22)/p+1. The molecule has 0 aromatic heterocycles. The first-order chi connectivity index (χ1) is 10.7. The summed E-state index contributed by atoms with van der Waals surface area (Å²) in [4.78, 5) is 3.92. The highest BCUT2D eigenvalue weighted by Crippen LogP contribution is 2.29. The molecule has 0 spiro atoms. The second-order valence-electron chi connectivity index (χ2n) is 5.49. The van der Waals surface area contributed by atoms with Crippen molar-refractivity contribution in [3.8, 4) is 11.5 Å². The molecule has 0 unspecified atom stereocenters. The first kappa shape index (κ1) is 16.8. The summed E-state index contributed by atoms with van der Waals surface area (Å²) in [5.41, 5.74) is 0.922. The van der Waals surface area contributed by atoms with Gasteiger partial charge in [-0.1, -0.05) is 6.92 Å². The number of thiocarbonyl (C=S) groups is 1. The van der Waals surface area contributed by atoms with Crippen LogP contribution < -0.4 is 19.7 Å². The van der Waals surface area contributed by atoms with E-state index in [2.05, 4.69) is 17.1 Å². The third-order valence-electron chi connectivity index (χ3n) is 4.00. The molecule has 22 heavy (non-hydrogen) atoms. The number of piperazine rings is 1. The summed E-state index contributed by atoms with van der Waals surface area (Å²) >= 11 is 5.53. The summed E-state index contributed by atoms with van der Waals surface area (Å²) < 4.78 is 10.6. The zero-order chi connectivity index (χ0) is 15.9. The Bertz CT molecular complexity index is 502. The monoisotopic (exact) mass is 324 g/mol. The van der Waals surface area contributed by atoms with Gasteiger partial charge in [0.1, 0.15) is 0 Å². The molecule has 122 valence electrons. The second kappa shape index (κ2) is 8.19. The van der Waals surface area contributed by atoms with Crippen molar-refractivity contribution in [3.63, 3.8) is 0 Å². The number of nitrogens with zero attached hydrogens (tertiary/aromatic N) is 1. The summed E-state index contributed by atoms with van der Waals surface area (Å²) in [7, 11) is 3.27. The molecule has 1 saturated heterocycles. The smallest absolute Gasteiger partial charge is 0.173 e. The first-order valence-electron chi connectivity index (χ1n) is 7.79. The molecule has 5 nitrogen and oxygen atoms in total. The summed E-state index contributed by atoms with van der Waals surface area (Å²) in [6, 6.07) is 5.74. The van der Waals surface area contributed by atoms with E-state index >= 15 is 0 Å². The van der Waals surface area contributed by atoms with E-state index in [4.69, 9.17) is 21.7 Å². The van der Waals surface area contributed by atoms with Crippen molar-refractivity contribution in [2.45, 2.75) is 13.3 Å². The van der Waals surface area contributed by atoms with Crippen LogP contribution in [0.5, 0.6) is 11.5 Å². The lowest BCUT2D eigenvalue weighted by molar-refractivity contribution is -0.903. The third kappa shape index (κ3) is 4.24. The normalized spacial score (nSPS) is 15.5. The molecule has 0 bridgehead atoms. The van der Waals surface area contributed by atoms with Crippen molar-refractivity contribution in [3.05, 3.63) is 18.2 Å². The van der Waals surface area contributed by atoms with E-state index in [0.29, 0.717) is 5.75 Å². The van der Waals surface area contributed by atoms with Crippen LogP contribution in [0.1, 0.15) is 13.3 Å². The van der Waals surface area contributed by atoms with Gasteiger partial charge in [-0.2, -0.15) is 0 Å². The van der Waals surface area contributed by atoms with Crippen molar-refractivity contribution in [1.82, 2.24) is 4.90 Å². The van der Waals surface area contributed by atoms with Gasteiger partial charge in [0.15, 0.2) is 16.6 Å². The van der Waals surface area contributed by atoms with Crippen molar-refractivity contribution < 1.29 is 14.4 Å². The highest BCUT2D eigenvalue weighted by atomic mass is 32.1. The molecule has 1 aromatic carbocycles. The van der Waals surface area contributed by atoms with Gasteiger partial charge < -0.3 is 24.6 Å². The molecule has 1 aliphatic rings. The largest absolute Gasteiger partial charge is 0.493 e. The van der Waals surface area contributed by atoms with Gasteiger partial charge in [-0.25, -0.2) is 0 Å². The van der Waals surface area contributed by atoms with E-state index in [1.165, 1.54) is 13.0 Å². The molecule has 2 N–H and O–H groups in total. The third-order valence-corrected chi connectivity index (χ3v) is 4.36. The summed E-state index contributed by atoms with van der Waals surface area (Å²) in [6.45, 7) is 7.82. The molecular weight excluding hydrogens is 298 g/mol. The number of hydrogen-bond donors (Lipinski definition) is 2. The number of ether oxygens (including phenoxy) is 2. The van der Waals surface area contributed by atoms with E-state index in [-0.39, 0.29) is 0 Å². The quantitative estimate of drug-likeness (QED) is 0.791. The van der Waals surface area contributed by atoms with Gasteiger partial charge in [0.05, 0.1) is 46.9 Å². The predicted octanol–water partition coefficient (Wildman–Crippen LogP) is 1.01. The van der Waals surface area contributed by atoms with Crippen molar-refractivity contribution >= 4 is 23.0 Å². The van der Waals surface area contributed by atoms with Crippen molar-refractivity contribution in [2.75, 3.05) is 52.3 Å². The maximum atomic E-state index is 5.53. The van der Waals surface area contributed by atoms with Crippen LogP contribution >= 0.6 is 12.2 Å². The van der Waals surface area contributed by atoms with Gasteiger partial charge in [0.25, 0.3) is 0 Å². The molecule has 2 rings (SSSR count). The molecule has 0 aliphatic carbocycles. The topological polar surface area (TPSA) is 38.2 Å². The molecule has 0 saturated carbocycles. The molecule has 1 heterocycles. The zero-order valence-electron chi connectivity index (χ0n) is 13.6. The Morgan fingerprint density at radius 1 is 1.23 bits per heavy atom. The number of hydrogen-bond acceptors (Lipinski definition) is 3. The second-order valence-corrected chi connectivity index (χ2v) is 5.87. The van der Waals surface area contributed by atoms with E-state index in [0.717, 1.165) is 42.7 Å². The van der Waals surface area contributed by atoms with Crippen LogP contribution in [0.3, 0.4) is 0 Å². The molecule has 1 fully saturated rings. The number of methoxy groups -OCH3 is 2. The Morgan fingerprint density at radius 3 is 2.50 bits per heavy atom. The van der Waals surface area contributed by atoms with Crippen LogP contribution in [0.25, 0.3) is 0 Å². The van der Waals surface area contributed by atoms with Gasteiger partial charge in [0, 0.05) is 11.8 Å². The zero-order valence-corrected chi connectivity index (χ0v) is 14.5. The SMILES string of the molecule is CCC[NH+]1CCN(C(=S)Nc2ccc(OC)c(OC)c2)CC1. The molecular formula is C16H26N3O2S+. The minimum Gasteiger partial charge on any atom is -0.493 e. The fourth-order valence-electron chi connectivity index (χ4n) is 2.75. The Morgan fingerprint density at radius 2 is 1.91 bits per heavy atom. The van der Waals surface area contributed by atoms with Crippen molar-refractivity contribution in [2.24, 2.45) is 0 Å². The molecule has 0 radical (unpaired) electrons. The van der Waals surface area contributed by atoms with Crippen LogP contribution in [-0.2, 0) is 0 Å². The molecule has 1 aliphatic heterocycles. The van der Waals surface area contributed by atoms with E-state index in [1.807, 2.05) is 18.2 Å². The Kier molecular flexibility index (Phi) is 6.27. The number of anilines is 1. The first-order valence-corrected chi connectivity index (χ1v) is 8.20. The highest BCUT2D eigenvalue weighted by Gasteiger charge is 2.21. The van der Waals surface area contributed by atoms with Crippen LogP contribution in [0.4, 0.5) is 5.69 Å². The minimum absolute atomic E-state index is 0.701. The lowest BCUT2D eigenvalue weighted by atomic mass is 10.2. The highest BCUT2D eigenvalue weighted by molar-refractivity contribution is 7.80. The maximum Gasteiger partial charge on any atom is 0.173 e. The molecule has 1 aromatic rings. The lowest BCUT2D eigenvalue weighted by Gasteiger charge is -2.33. The Labute approximate surface area is 138 Å². The average molecular weight is 324 g/mol. The number of benzene rings is 1. The summed E-state index contributed by atoms with van der Waals surface area (Å²) in [6.07, 6.45) is 1.24. The number of nitrogens with one attached hydrogen (secondary N) is 2. The fraction of sp³-hybridized carbons (Fsp3) is 0.562. The van der Waals surface area contributed by atoms with E-state index in [9.17, 15) is 0 Å². The minimum atomic E-state index is 0.701. The summed E-state index contributed by atoms with van der Waals surface area (Å²) in [5.74, 6) is 1.42. The molecule has 0 atom stereocenters. The van der Waals surface area contributed by atoms with E-state index in [1.54, 1.807) is 19.1 Å². The van der Waals surface area contributed by atoms with Gasteiger partial charge in [-0.15, -0.1) is 0 Å². The number of rotatable bonds is 5. The van der Waals surface area contributed by atoms with Crippen molar-refractivity contribution in [1.29, 1.82) is 0 Å². The van der Waals surface area contributed by atoms with Gasteiger partial charge in [-0.05, 0) is 30.8 Å². The summed E-state index contributed by atoms with van der Waals surface area (Å²) in [5, 5.41) is 4.08. The van der Waals surface area contributed by atoms with Crippen LogP contribution in [0.15, 0.2) is 18.2 Å². The fourth-order valence-corrected chi connectivity index (χ4v) is 3.05. The van der Waals surface area contributed by atoms with Gasteiger partial charge >= 0.3 is 0 Å². The van der Waals surface area contributed by atoms with Crippen LogP contribution in [0.2, 0.25) is 0 Å². The Balaban J connectivity index is 1.92. The van der Waals surface area contributed by atoms with Crippen LogP contribution in [0, 0.1) is 0 Å². The molecule has 6 heteroatoms. The average Bonchev–Trinajstić information content (AvgIpc) is 2.55. The lowest BCUT2D eigenvalue weighted by Crippen LogP contribution is -3.14.